The van der Waals surface area contributed by atoms with Gasteiger partial charge in [-0.15, -0.1) is 0 Å². The van der Waals surface area contributed by atoms with E-state index in [0.29, 0.717) is 18.2 Å². The minimum Gasteiger partial charge on any atom is -0.409 e. The van der Waals surface area contributed by atoms with Crippen LogP contribution in [0.5, 0.6) is 0 Å². The van der Waals surface area contributed by atoms with Gasteiger partial charge in [-0.1, -0.05) is 25.9 Å². The third-order valence-electron chi connectivity index (χ3n) is 2.19. The van der Waals surface area contributed by atoms with Crippen LogP contribution in [0.4, 0.5) is 0 Å². The molecule has 96 valence electrons. The molecule has 5 heteroatoms. The molecule has 0 aliphatic carbocycles. The zero-order chi connectivity index (χ0) is 12.4. The Hall–Kier alpha value is -0.420. The van der Waals surface area contributed by atoms with Crippen LogP contribution in [0, 0.1) is 5.92 Å². The second kappa shape index (κ2) is 9.78. The Bertz CT molecular complexity index is 198. The molecule has 0 aromatic rings. The third kappa shape index (κ3) is 8.85. The van der Waals surface area contributed by atoms with Gasteiger partial charge in [-0.05, 0) is 11.7 Å². The number of hydrogen-bond acceptors (Lipinski definition) is 4. The van der Waals surface area contributed by atoms with Crippen molar-refractivity contribution < 1.29 is 5.21 Å². The number of nitrogens with two attached hydrogens (primary N) is 1. The van der Waals surface area contributed by atoms with Crippen LogP contribution in [0.25, 0.3) is 0 Å². The molecule has 0 aromatic heterocycles. The largest absolute Gasteiger partial charge is 0.409 e. The second-order valence-electron chi connectivity index (χ2n) is 4.23. The maximum Gasteiger partial charge on any atom is 0.140 e. The quantitative estimate of drug-likeness (QED) is 0.214. The average molecular weight is 247 g/mol. The summed E-state index contributed by atoms with van der Waals surface area (Å²) in [4.78, 5) is 2.38. The van der Waals surface area contributed by atoms with Crippen molar-refractivity contribution in [2.24, 2.45) is 16.8 Å². The summed E-state index contributed by atoms with van der Waals surface area (Å²) in [7, 11) is 0. The molecular formula is C11H25N3OS. The highest BCUT2D eigenvalue weighted by Crippen LogP contribution is 2.04. The fraction of sp³-hybridized carbons (Fsp3) is 0.909. The summed E-state index contributed by atoms with van der Waals surface area (Å²) in [5, 5.41) is 11.5. The molecule has 0 aliphatic heterocycles. The van der Waals surface area contributed by atoms with Gasteiger partial charge in [0.1, 0.15) is 5.84 Å². The van der Waals surface area contributed by atoms with E-state index in [1.807, 2.05) is 11.8 Å². The van der Waals surface area contributed by atoms with E-state index in [2.05, 4.69) is 30.8 Å². The molecule has 0 aliphatic rings. The van der Waals surface area contributed by atoms with Crippen molar-refractivity contribution in [3.8, 4) is 0 Å². The molecule has 0 spiro atoms. The number of amidine groups is 1. The normalized spacial score (nSPS) is 12.7. The van der Waals surface area contributed by atoms with Crippen molar-refractivity contribution in [3.63, 3.8) is 0 Å². The lowest BCUT2D eigenvalue weighted by atomic mass is 10.2. The predicted molar refractivity (Wildman–Crippen MR) is 72.3 cm³/mol. The van der Waals surface area contributed by atoms with Crippen LogP contribution in [-0.4, -0.2) is 47.1 Å². The molecule has 0 saturated carbocycles. The van der Waals surface area contributed by atoms with Gasteiger partial charge in [0.05, 0.1) is 0 Å². The van der Waals surface area contributed by atoms with Crippen LogP contribution in [0.2, 0.25) is 0 Å². The maximum absolute atomic E-state index is 8.48. The van der Waals surface area contributed by atoms with E-state index < -0.39 is 0 Å². The van der Waals surface area contributed by atoms with Gasteiger partial charge < -0.3 is 15.8 Å². The van der Waals surface area contributed by atoms with Crippen molar-refractivity contribution in [2.45, 2.75) is 27.2 Å². The average Bonchev–Trinajstić information content (AvgIpc) is 2.24. The second-order valence-corrected chi connectivity index (χ2v) is 5.63. The molecule has 0 unspecified atom stereocenters. The molecule has 0 bridgehead atoms. The van der Waals surface area contributed by atoms with E-state index in [0.717, 1.165) is 31.1 Å². The van der Waals surface area contributed by atoms with E-state index in [9.17, 15) is 0 Å². The highest BCUT2D eigenvalue weighted by Gasteiger charge is 2.07. The first kappa shape index (κ1) is 15.6. The zero-order valence-corrected chi connectivity index (χ0v) is 11.5. The number of nitrogens with zero attached hydrogens (tertiary/aromatic N) is 2. The molecule has 0 amide bonds. The fourth-order valence-corrected chi connectivity index (χ4v) is 2.15. The van der Waals surface area contributed by atoms with Crippen LogP contribution < -0.4 is 5.73 Å². The van der Waals surface area contributed by atoms with E-state index in [-0.39, 0.29) is 0 Å². The van der Waals surface area contributed by atoms with Gasteiger partial charge in [-0.25, -0.2) is 0 Å². The Labute approximate surface area is 103 Å². The van der Waals surface area contributed by atoms with Crippen LogP contribution in [0.1, 0.15) is 27.2 Å². The summed E-state index contributed by atoms with van der Waals surface area (Å²) in [6.07, 6.45) is 0.639. The third-order valence-corrected chi connectivity index (χ3v) is 3.07. The smallest absolute Gasteiger partial charge is 0.140 e. The van der Waals surface area contributed by atoms with Gasteiger partial charge in [0.25, 0.3) is 0 Å². The monoisotopic (exact) mass is 247 g/mol. The summed E-state index contributed by atoms with van der Waals surface area (Å²) >= 11 is 1.95. The molecule has 0 heterocycles. The number of hydrogen-bond donors (Lipinski definition) is 2. The van der Waals surface area contributed by atoms with Crippen molar-refractivity contribution in [2.75, 3.05) is 31.1 Å². The molecule has 0 aromatic carbocycles. The first-order valence-electron chi connectivity index (χ1n) is 5.86. The lowest BCUT2D eigenvalue weighted by Gasteiger charge is -2.23. The van der Waals surface area contributed by atoms with E-state index in [4.69, 9.17) is 10.9 Å². The Morgan fingerprint density at radius 3 is 2.62 bits per heavy atom. The van der Waals surface area contributed by atoms with Gasteiger partial charge in [0.2, 0.25) is 0 Å². The number of oxime groups is 1. The summed E-state index contributed by atoms with van der Waals surface area (Å²) in [6, 6.07) is 0. The Morgan fingerprint density at radius 1 is 1.44 bits per heavy atom. The summed E-state index contributed by atoms with van der Waals surface area (Å²) < 4.78 is 0. The van der Waals surface area contributed by atoms with Gasteiger partial charge in [-0.2, -0.15) is 11.8 Å². The first-order chi connectivity index (χ1) is 7.60. The molecule has 0 atom stereocenters. The fourth-order valence-electron chi connectivity index (χ4n) is 1.47. The highest BCUT2D eigenvalue weighted by molar-refractivity contribution is 7.99. The molecule has 4 nitrogen and oxygen atoms in total. The first-order valence-corrected chi connectivity index (χ1v) is 7.02. The van der Waals surface area contributed by atoms with E-state index >= 15 is 0 Å². The van der Waals surface area contributed by atoms with Crippen LogP contribution in [0.15, 0.2) is 5.16 Å². The lowest BCUT2D eigenvalue weighted by molar-refractivity contribution is 0.262. The Morgan fingerprint density at radius 2 is 2.12 bits per heavy atom. The van der Waals surface area contributed by atoms with Crippen molar-refractivity contribution in [1.29, 1.82) is 0 Å². The van der Waals surface area contributed by atoms with Crippen molar-refractivity contribution in [1.82, 2.24) is 4.90 Å². The van der Waals surface area contributed by atoms with E-state index in [1.54, 1.807) is 0 Å². The van der Waals surface area contributed by atoms with Crippen molar-refractivity contribution in [3.05, 3.63) is 0 Å². The van der Waals surface area contributed by atoms with Gasteiger partial charge in [0.15, 0.2) is 0 Å². The number of thioether (sulfide) groups is 1. The number of rotatable bonds is 9. The summed E-state index contributed by atoms with van der Waals surface area (Å²) in [6.45, 7) is 9.62. The van der Waals surface area contributed by atoms with Crippen molar-refractivity contribution >= 4 is 17.6 Å². The minimum atomic E-state index is 0.317. The molecule has 3 N–H and O–H groups in total. The van der Waals surface area contributed by atoms with E-state index in [1.165, 1.54) is 0 Å². The summed E-state index contributed by atoms with van der Waals surface area (Å²) in [5.74, 6) is 3.28. The Kier molecular flexibility index (Phi) is 9.52. The molecule has 0 saturated heterocycles. The SMILES string of the molecule is CCSCCN(CCC(N)=NO)CC(C)C. The molecular weight excluding hydrogens is 222 g/mol. The zero-order valence-electron chi connectivity index (χ0n) is 10.6. The van der Waals surface area contributed by atoms with Gasteiger partial charge in [-0.3, -0.25) is 0 Å². The van der Waals surface area contributed by atoms with Crippen LogP contribution >= 0.6 is 11.8 Å². The standard InChI is InChI=1S/C11H25N3OS/c1-4-16-8-7-14(9-10(2)3)6-5-11(12)13-15/h10,15H,4-9H2,1-3H3,(H2,12,13). The molecule has 0 rings (SSSR count). The topological polar surface area (TPSA) is 61.8 Å². The maximum atomic E-state index is 8.48. The lowest BCUT2D eigenvalue weighted by Crippen LogP contribution is -2.33. The highest BCUT2D eigenvalue weighted by atomic mass is 32.2. The van der Waals surface area contributed by atoms with Gasteiger partial charge >= 0.3 is 0 Å². The molecule has 16 heavy (non-hydrogen) atoms. The molecule has 0 radical (unpaired) electrons. The Balaban J connectivity index is 3.89. The summed E-state index contributed by atoms with van der Waals surface area (Å²) in [5.41, 5.74) is 5.48. The van der Waals surface area contributed by atoms with Crippen LogP contribution in [0.3, 0.4) is 0 Å². The van der Waals surface area contributed by atoms with Gasteiger partial charge in [0, 0.05) is 31.8 Å². The van der Waals surface area contributed by atoms with Crippen LogP contribution in [-0.2, 0) is 0 Å². The predicted octanol–water partition coefficient (Wildman–Crippen LogP) is 1.83. The molecule has 0 fully saturated rings. The minimum absolute atomic E-state index is 0.317.